The maximum atomic E-state index is 13.7. The molecule has 0 saturated heterocycles. The van der Waals surface area contributed by atoms with Crippen LogP contribution >= 0.6 is 0 Å². The van der Waals surface area contributed by atoms with E-state index in [0.717, 1.165) is 6.07 Å². The number of benzene rings is 3. The molecule has 3 aromatic rings. The van der Waals surface area contributed by atoms with Crippen LogP contribution in [0.25, 0.3) is 0 Å². The number of alkyl halides is 3. The summed E-state index contributed by atoms with van der Waals surface area (Å²) in [4.78, 5) is 63.5. The predicted octanol–water partition coefficient (Wildman–Crippen LogP) is 4.83. The van der Waals surface area contributed by atoms with Crippen molar-refractivity contribution in [1.82, 2.24) is 5.32 Å². The average molecular weight is 713 g/mol. The van der Waals surface area contributed by atoms with E-state index in [9.17, 15) is 37.1 Å². The molecule has 1 aliphatic heterocycles. The number of halogens is 3. The fraction of sp³-hybridized carbons (Fsp3) is 0.314. The second-order valence-electron chi connectivity index (χ2n) is 12.5. The Labute approximate surface area is 290 Å². The number of esters is 4. The van der Waals surface area contributed by atoms with Crippen molar-refractivity contribution in [2.45, 2.75) is 64.8 Å². The molecule has 51 heavy (non-hydrogen) atoms. The van der Waals surface area contributed by atoms with Crippen LogP contribution in [0.5, 0.6) is 11.5 Å². The van der Waals surface area contributed by atoms with Gasteiger partial charge in [-0.25, -0.2) is 19.2 Å². The Morgan fingerprint density at radius 2 is 1.75 bits per heavy atom. The van der Waals surface area contributed by atoms with Crippen molar-refractivity contribution >= 4 is 41.4 Å². The van der Waals surface area contributed by atoms with Crippen LogP contribution in [-0.4, -0.2) is 60.2 Å². The fourth-order valence-corrected chi connectivity index (χ4v) is 4.95. The largest absolute Gasteiger partial charge is 0.491 e. The van der Waals surface area contributed by atoms with Gasteiger partial charge in [-0.1, -0.05) is 18.2 Å². The molecule has 5 N–H and O–H groups in total. The Kier molecular flexibility index (Phi) is 11.4. The highest BCUT2D eigenvalue weighted by atomic mass is 19.4. The number of nitrogens with two attached hydrogens (primary N) is 1. The quantitative estimate of drug-likeness (QED) is 0.0861. The van der Waals surface area contributed by atoms with E-state index in [2.05, 4.69) is 15.4 Å². The molecular formula is C35H35F3N4O9. The molecule has 0 bridgehead atoms. The van der Waals surface area contributed by atoms with Crippen LogP contribution in [-0.2, 0) is 31.9 Å². The molecule has 1 amide bonds. The highest BCUT2D eigenvalue weighted by Crippen LogP contribution is 2.38. The van der Waals surface area contributed by atoms with Crippen LogP contribution in [0.4, 0.5) is 18.9 Å². The summed E-state index contributed by atoms with van der Waals surface area (Å²) < 4.78 is 59.3. The van der Waals surface area contributed by atoms with Gasteiger partial charge in [-0.3, -0.25) is 10.2 Å². The third-order valence-electron chi connectivity index (χ3n) is 7.16. The van der Waals surface area contributed by atoms with Gasteiger partial charge in [-0.05, 0) is 88.1 Å². The minimum Gasteiger partial charge on any atom is -0.489 e. The van der Waals surface area contributed by atoms with Gasteiger partial charge in [0.2, 0.25) is 0 Å². The van der Waals surface area contributed by atoms with Crippen LogP contribution in [0.1, 0.15) is 81.9 Å². The Morgan fingerprint density at radius 1 is 1.02 bits per heavy atom. The summed E-state index contributed by atoms with van der Waals surface area (Å²) >= 11 is 0. The van der Waals surface area contributed by atoms with Crippen molar-refractivity contribution in [2.75, 3.05) is 11.9 Å². The van der Waals surface area contributed by atoms with E-state index >= 15 is 0 Å². The number of anilines is 1. The van der Waals surface area contributed by atoms with E-state index in [0.29, 0.717) is 29.7 Å². The van der Waals surface area contributed by atoms with E-state index in [1.54, 1.807) is 26.8 Å². The number of carbonyl (C=O) groups excluding carboxylic acids is 5. The number of aryl methyl sites for hydroxylation is 1. The van der Waals surface area contributed by atoms with Gasteiger partial charge in [0.25, 0.3) is 5.91 Å². The zero-order valence-corrected chi connectivity index (χ0v) is 28.0. The standard InChI is InChI=1S/C35H35F3N4O9/c1-18(29(44)51-34(2,3)4)41-28(43)25-12-10-21(15-19-7-5-8-22(16-19)30(45)50-32(47)35(36,37)38)26-27(25)48-14-6-9-20-17-23(42-33(39)40)11-13-24(20)31(46)49-26/h5,7-8,10-13,16-18H,6,9,14-15H2,1-4H3,(H,41,43)(H4,39,40,42). The smallest absolute Gasteiger partial charge is 0.489 e. The summed E-state index contributed by atoms with van der Waals surface area (Å²) in [6.07, 6.45) is -4.78. The van der Waals surface area contributed by atoms with Crippen LogP contribution in [0.2, 0.25) is 0 Å². The van der Waals surface area contributed by atoms with Crippen molar-refractivity contribution in [3.63, 3.8) is 0 Å². The van der Waals surface area contributed by atoms with Gasteiger partial charge in [-0.2, -0.15) is 13.2 Å². The Hall–Kier alpha value is -5.93. The highest BCUT2D eigenvalue weighted by Gasteiger charge is 2.42. The Morgan fingerprint density at radius 3 is 2.41 bits per heavy atom. The number of fused-ring (bicyclic) bond motifs is 2. The number of hydrogen-bond acceptors (Lipinski definition) is 10. The molecule has 1 unspecified atom stereocenters. The lowest BCUT2D eigenvalue weighted by atomic mass is 9.98. The zero-order chi connectivity index (χ0) is 37.7. The lowest BCUT2D eigenvalue weighted by Gasteiger charge is -2.24. The third-order valence-corrected chi connectivity index (χ3v) is 7.16. The number of rotatable bonds is 7. The van der Waals surface area contributed by atoms with E-state index in [-0.39, 0.29) is 52.7 Å². The minimum absolute atomic E-state index is 0.0360. The van der Waals surface area contributed by atoms with Gasteiger partial charge >= 0.3 is 30.1 Å². The Balaban J connectivity index is 1.75. The molecule has 0 saturated carbocycles. The van der Waals surface area contributed by atoms with E-state index in [1.165, 1.54) is 49.4 Å². The van der Waals surface area contributed by atoms with Crippen LogP contribution in [0.3, 0.4) is 0 Å². The molecule has 0 radical (unpaired) electrons. The topological polar surface area (TPSA) is 196 Å². The minimum atomic E-state index is -5.38. The monoisotopic (exact) mass is 712 g/mol. The first-order chi connectivity index (χ1) is 23.8. The summed E-state index contributed by atoms with van der Waals surface area (Å²) in [6, 6.07) is 11.6. The first kappa shape index (κ1) is 37.9. The van der Waals surface area contributed by atoms with Gasteiger partial charge in [0.15, 0.2) is 17.5 Å². The van der Waals surface area contributed by atoms with E-state index in [4.69, 9.17) is 25.4 Å². The molecule has 1 heterocycles. The molecule has 16 heteroatoms. The molecule has 3 aromatic carbocycles. The lowest BCUT2D eigenvalue weighted by molar-refractivity contribution is -0.193. The predicted molar refractivity (Wildman–Crippen MR) is 176 cm³/mol. The highest BCUT2D eigenvalue weighted by molar-refractivity contribution is 6.01. The van der Waals surface area contributed by atoms with Gasteiger partial charge in [0.05, 0.1) is 23.3 Å². The molecule has 0 aromatic heterocycles. The average Bonchev–Trinajstić information content (AvgIpc) is 3.02. The Bertz CT molecular complexity index is 1890. The summed E-state index contributed by atoms with van der Waals surface area (Å²) in [5.41, 5.74) is 5.99. The van der Waals surface area contributed by atoms with Crippen LogP contribution in [0.15, 0.2) is 54.6 Å². The second-order valence-corrected chi connectivity index (χ2v) is 12.5. The van der Waals surface area contributed by atoms with Crippen molar-refractivity contribution in [3.8, 4) is 11.5 Å². The number of carbonyl (C=O) groups is 5. The summed E-state index contributed by atoms with van der Waals surface area (Å²) in [5, 5.41) is 12.7. The molecule has 270 valence electrons. The van der Waals surface area contributed by atoms with Crippen LogP contribution in [0, 0.1) is 5.41 Å². The number of hydrogen-bond donors (Lipinski definition) is 4. The van der Waals surface area contributed by atoms with Crippen molar-refractivity contribution < 1.29 is 56.1 Å². The van der Waals surface area contributed by atoms with E-state index in [1.807, 2.05) is 0 Å². The number of ether oxygens (including phenoxy) is 4. The molecule has 1 atom stereocenters. The van der Waals surface area contributed by atoms with Gasteiger partial charge in [0.1, 0.15) is 11.6 Å². The number of guanidine groups is 1. The second kappa shape index (κ2) is 15.3. The maximum Gasteiger partial charge on any atom is 0.491 e. The summed E-state index contributed by atoms with van der Waals surface area (Å²) in [7, 11) is 0. The summed E-state index contributed by atoms with van der Waals surface area (Å²) in [5.74, 6) is -7.07. The molecule has 4 rings (SSSR count). The van der Waals surface area contributed by atoms with Crippen molar-refractivity contribution in [3.05, 3.63) is 88.0 Å². The lowest BCUT2D eigenvalue weighted by Crippen LogP contribution is -2.42. The van der Waals surface area contributed by atoms with Gasteiger partial charge in [0, 0.05) is 17.7 Å². The fourth-order valence-electron chi connectivity index (χ4n) is 4.95. The molecule has 13 nitrogen and oxygen atoms in total. The zero-order valence-electron chi connectivity index (χ0n) is 28.0. The van der Waals surface area contributed by atoms with Gasteiger partial charge < -0.3 is 35.3 Å². The normalized spacial score (nSPS) is 13.6. The molecule has 1 aliphatic rings. The summed E-state index contributed by atoms with van der Waals surface area (Å²) in [6.45, 7) is 6.50. The molecule has 0 spiro atoms. The van der Waals surface area contributed by atoms with E-state index < -0.39 is 47.6 Å². The van der Waals surface area contributed by atoms with Gasteiger partial charge in [-0.15, -0.1) is 0 Å². The SMILES string of the molecule is CC(NC(=O)c1ccc(Cc2cccc(C(=O)OC(=O)C(F)(F)F)c2)c2c1OCCCc1cc(NC(=N)N)ccc1C(=O)O2)C(=O)OC(C)(C)C. The van der Waals surface area contributed by atoms with Crippen molar-refractivity contribution in [1.29, 1.82) is 5.41 Å². The van der Waals surface area contributed by atoms with Crippen LogP contribution < -0.4 is 25.8 Å². The number of nitrogens with one attached hydrogen (secondary N) is 3. The first-order valence-electron chi connectivity index (χ1n) is 15.5. The molecule has 0 aliphatic carbocycles. The first-order valence-corrected chi connectivity index (χ1v) is 15.5. The molecule has 0 fully saturated rings. The number of amides is 1. The maximum absolute atomic E-state index is 13.7. The third kappa shape index (κ3) is 10.1. The van der Waals surface area contributed by atoms with Crippen molar-refractivity contribution in [2.24, 2.45) is 5.73 Å². The molecular weight excluding hydrogens is 677 g/mol.